The number of fused-ring (bicyclic) bond motifs is 3. The number of ether oxygens (including phenoxy) is 2. The average molecular weight is 475 g/mol. The molecular weight excluding hydrogens is 436 g/mol. The van der Waals surface area contributed by atoms with Crippen molar-refractivity contribution in [2.45, 2.75) is 85.4 Å². The van der Waals surface area contributed by atoms with Gasteiger partial charge in [-0.2, -0.15) is 0 Å². The van der Waals surface area contributed by atoms with Crippen molar-refractivity contribution in [3.8, 4) is 0 Å². The lowest BCUT2D eigenvalue weighted by atomic mass is 9.50. The largest absolute Gasteiger partial charge is 0.461 e. The molecule has 3 rings (SSSR count). The normalized spacial score (nSPS) is 36.4. The maximum Gasteiger partial charge on any atom is 0.306 e. The van der Waals surface area contributed by atoms with Crippen LogP contribution in [-0.4, -0.2) is 46.4 Å². The van der Waals surface area contributed by atoms with Crippen LogP contribution in [0.1, 0.15) is 74.1 Å². The summed E-state index contributed by atoms with van der Waals surface area (Å²) in [5, 5.41) is 11.7. The highest BCUT2D eigenvalue weighted by Gasteiger charge is 2.63. The van der Waals surface area contributed by atoms with Crippen molar-refractivity contribution in [3.63, 3.8) is 0 Å². The van der Waals surface area contributed by atoms with E-state index in [9.17, 15) is 24.3 Å². The Morgan fingerprint density at radius 1 is 1.09 bits per heavy atom. The Labute approximate surface area is 201 Å². The molecule has 0 amide bonds. The van der Waals surface area contributed by atoms with Gasteiger partial charge in [0, 0.05) is 31.1 Å². The second kappa shape index (κ2) is 9.06. The zero-order valence-corrected chi connectivity index (χ0v) is 21.4. The fourth-order valence-corrected chi connectivity index (χ4v) is 6.41. The van der Waals surface area contributed by atoms with Gasteiger partial charge in [0.2, 0.25) is 0 Å². The standard InChI is InChI=1S/C27H38O7/c1-15-10-21-23-16(2)12-26(7,34-22(30)9-8-17(3)28)25(5,6)20(23)11-19(14-33-18(4)29)13-27(21,32)24(15)31/h10-11,16,20-21,23,32H,8-9,12-14H2,1-7H3/t16-,20-,21+,23?,26-,27-/m1/s1. The van der Waals surface area contributed by atoms with Crippen molar-refractivity contribution in [1.29, 1.82) is 0 Å². The van der Waals surface area contributed by atoms with Crippen LogP contribution in [0.3, 0.4) is 0 Å². The molecule has 0 aromatic heterocycles. The molecule has 0 aromatic rings. The highest BCUT2D eigenvalue weighted by atomic mass is 16.6. The van der Waals surface area contributed by atoms with E-state index < -0.39 is 28.6 Å². The van der Waals surface area contributed by atoms with Crippen molar-refractivity contribution in [2.24, 2.45) is 29.1 Å². The first-order chi connectivity index (χ1) is 15.6. The highest BCUT2D eigenvalue weighted by Crippen LogP contribution is 2.61. The molecule has 6 atom stereocenters. The molecule has 1 fully saturated rings. The monoisotopic (exact) mass is 474 g/mol. The lowest BCUT2D eigenvalue weighted by Crippen LogP contribution is -2.59. The first-order valence-electron chi connectivity index (χ1n) is 12.1. The van der Waals surface area contributed by atoms with Crippen LogP contribution in [-0.2, 0) is 28.7 Å². The molecule has 0 spiro atoms. The van der Waals surface area contributed by atoms with Crippen LogP contribution in [0.5, 0.6) is 0 Å². The minimum atomic E-state index is -1.58. The van der Waals surface area contributed by atoms with Crippen LogP contribution >= 0.6 is 0 Å². The summed E-state index contributed by atoms with van der Waals surface area (Å²) in [6.45, 7) is 12.6. The summed E-state index contributed by atoms with van der Waals surface area (Å²) in [6, 6.07) is 0. The van der Waals surface area contributed by atoms with Crippen molar-refractivity contribution < 1.29 is 33.8 Å². The summed E-state index contributed by atoms with van der Waals surface area (Å²) in [4.78, 5) is 48.6. The van der Waals surface area contributed by atoms with E-state index in [0.717, 1.165) is 0 Å². The predicted molar refractivity (Wildman–Crippen MR) is 125 cm³/mol. The molecule has 0 saturated heterocycles. The van der Waals surface area contributed by atoms with Crippen molar-refractivity contribution in [1.82, 2.24) is 0 Å². The first kappa shape index (κ1) is 26.3. The molecular formula is C27H38O7. The molecule has 7 heteroatoms. The predicted octanol–water partition coefficient (Wildman–Crippen LogP) is 3.73. The van der Waals surface area contributed by atoms with Gasteiger partial charge < -0.3 is 19.4 Å². The van der Waals surface area contributed by atoms with Crippen molar-refractivity contribution >= 4 is 23.5 Å². The van der Waals surface area contributed by atoms with Crippen LogP contribution in [0.4, 0.5) is 0 Å². The number of ketones is 2. The van der Waals surface area contributed by atoms with E-state index in [1.54, 1.807) is 6.92 Å². The second-order valence-corrected chi connectivity index (χ2v) is 11.3. The second-order valence-electron chi connectivity index (χ2n) is 11.3. The Morgan fingerprint density at radius 2 is 1.74 bits per heavy atom. The molecule has 1 N–H and O–H groups in total. The van der Waals surface area contributed by atoms with E-state index >= 15 is 0 Å². The third kappa shape index (κ3) is 4.51. The van der Waals surface area contributed by atoms with E-state index in [1.807, 2.05) is 32.9 Å². The summed E-state index contributed by atoms with van der Waals surface area (Å²) in [6.07, 6.45) is 4.78. The minimum absolute atomic E-state index is 0.000510. The maximum atomic E-state index is 13.1. The Hall–Kier alpha value is -2.28. The van der Waals surface area contributed by atoms with E-state index in [0.29, 0.717) is 17.6 Å². The molecule has 1 unspecified atom stereocenters. The summed E-state index contributed by atoms with van der Waals surface area (Å²) >= 11 is 0. The Kier molecular flexibility index (Phi) is 7.02. The number of carbonyl (C=O) groups is 4. The molecule has 3 aliphatic carbocycles. The summed E-state index contributed by atoms with van der Waals surface area (Å²) < 4.78 is 11.3. The van der Waals surface area contributed by atoms with Crippen LogP contribution in [0.25, 0.3) is 0 Å². The van der Waals surface area contributed by atoms with Gasteiger partial charge in [-0.05, 0) is 56.1 Å². The molecule has 0 bridgehead atoms. The van der Waals surface area contributed by atoms with E-state index in [1.165, 1.54) is 13.8 Å². The first-order valence-corrected chi connectivity index (χ1v) is 12.1. The van der Waals surface area contributed by atoms with Gasteiger partial charge in [-0.3, -0.25) is 14.4 Å². The van der Waals surface area contributed by atoms with E-state index in [-0.39, 0.29) is 61.1 Å². The number of carbonyl (C=O) groups excluding carboxylic acids is 4. The van der Waals surface area contributed by atoms with E-state index in [4.69, 9.17) is 9.47 Å². The van der Waals surface area contributed by atoms with Gasteiger partial charge in [-0.25, -0.2) is 0 Å². The molecule has 188 valence electrons. The van der Waals surface area contributed by atoms with Gasteiger partial charge in [-0.15, -0.1) is 0 Å². The number of aliphatic hydroxyl groups is 1. The third-order valence-electron chi connectivity index (χ3n) is 8.52. The van der Waals surface area contributed by atoms with Crippen LogP contribution in [0.15, 0.2) is 23.3 Å². The number of rotatable bonds is 6. The number of esters is 2. The quantitative estimate of drug-likeness (QED) is 0.462. The van der Waals surface area contributed by atoms with Gasteiger partial charge in [0.15, 0.2) is 5.78 Å². The summed E-state index contributed by atoms with van der Waals surface area (Å²) in [5.74, 6) is -1.76. The molecule has 7 nitrogen and oxygen atoms in total. The lowest BCUT2D eigenvalue weighted by molar-refractivity contribution is -0.199. The molecule has 1 saturated carbocycles. The third-order valence-corrected chi connectivity index (χ3v) is 8.52. The maximum absolute atomic E-state index is 13.1. The van der Waals surface area contributed by atoms with Gasteiger partial charge in [0.25, 0.3) is 0 Å². The SMILES string of the molecule is CC(=O)CCC(=O)O[C@]1(C)C[C@@H](C)C2[C@@H](C=C(COC(C)=O)C[C@]3(O)C(=O)C(C)=C[C@@H]23)C1(C)C. The minimum Gasteiger partial charge on any atom is -0.461 e. The molecule has 3 aliphatic rings. The van der Waals surface area contributed by atoms with Crippen molar-refractivity contribution in [2.75, 3.05) is 6.61 Å². The summed E-state index contributed by atoms with van der Waals surface area (Å²) in [5.41, 5.74) is -1.72. The van der Waals surface area contributed by atoms with Crippen molar-refractivity contribution in [3.05, 3.63) is 23.3 Å². The Balaban J connectivity index is 2.04. The number of hydrogen-bond donors (Lipinski definition) is 1. The summed E-state index contributed by atoms with van der Waals surface area (Å²) in [7, 11) is 0. The van der Waals surface area contributed by atoms with Gasteiger partial charge in [-0.1, -0.05) is 32.9 Å². The molecule has 34 heavy (non-hydrogen) atoms. The number of allylic oxidation sites excluding steroid dienone is 1. The lowest BCUT2D eigenvalue weighted by Gasteiger charge is -2.57. The molecule has 0 aliphatic heterocycles. The topological polar surface area (TPSA) is 107 Å². The zero-order chi connectivity index (χ0) is 25.6. The molecule has 0 radical (unpaired) electrons. The van der Waals surface area contributed by atoms with Crippen LogP contribution < -0.4 is 0 Å². The van der Waals surface area contributed by atoms with Gasteiger partial charge in [0.05, 0.1) is 6.42 Å². The fraction of sp³-hybridized carbons (Fsp3) is 0.704. The highest BCUT2D eigenvalue weighted by molar-refractivity contribution is 6.04. The zero-order valence-electron chi connectivity index (χ0n) is 21.4. The fourth-order valence-electron chi connectivity index (χ4n) is 6.41. The van der Waals surface area contributed by atoms with Crippen LogP contribution in [0.2, 0.25) is 0 Å². The Bertz CT molecular complexity index is 958. The molecule has 0 aromatic carbocycles. The average Bonchev–Trinajstić information content (AvgIpc) is 2.84. The smallest absolute Gasteiger partial charge is 0.306 e. The van der Waals surface area contributed by atoms with E-state index in [2.05, 4.69) is 6.92 Å². The number of Topliss-reactive ketones (excluding diaryl/α,β-unsaturated/α-hetero) is 2. The number of hydrogen-bond acceptors (Lipinski definition) is 7. The van der Waals surface area contributed by atoms with Gasteiger partial charge >= 0.3 is 11.9 Å². The Morgan fingerprint density at radius 3 is 2.32 bits per heavy atom. The van der Waals surface area contributed by atoms with Gasteiger partial charge in [0.1, 0.15) is 23.6 Å². The van der Waals surface area contributed by atoms with Crippen LogP contribution in [0, 0.1) is 29.1 Å². The molecule has 0 heterocycles.